The van der Waals surface area contributed by atoms with Crippen molar-refractivity contribution in [3.63, 3.8) is 0 Å². The third-order valence-corrected chi connectivity index (χ3v) is 4.53. The molecule has 0 fully saturated rings. The number of benzene rings is 2. The van der Waals surface area contributed by atoms with Gasteiger partial charge in [-0.2, -0.15) is 10.2 Å². The number of anilines is 1. The summed E-state index contributed by atoms with van der Waals surface area (Å²) in [4.78, 5) is 12.5. The van der Waals surface area contributed by atoms with Crippen LogP contribution in [0.25, 0.3) is 11.3 Å². The Morgan fingerprint density at radius 2 is 2.00 bits per heavy atom. The molecule has 0 aliphatic rings. The second kappa shape index (κ2) is 7.70. The molecule has 0 atom stereocenters. The van der Waals surface area contributed by atoms with Crippen LogP contribution in [0.15, 0.2) is 67.0 Å². The van der Waals surface area contributed by atoms with Crippen molar-refractivity contribution in [2.45, 2.75) is 13.5 Å². The molecule has 0 aliphatic heterocycles. The quantitative estimate of drug-likeness (QED) is 0.524. The minimum atomic E-state index is -0.270. The van der Waals surface area contributed by atoms with E-state index < -0.39 is 0 Å². The predicted octanol–water partition coefficient (Wildman–Crippen LogP) is 4.54. The molecule has 1 amide bonds. The zero-order valence-electron chi connectivity index (χ0n) is 15.2. The van der Waals surface area contributed by atoms with E-state index in [9.17, 15) is 4.79 Å². The number of carbonyl (C=O) groups excluding carboxylic acids is 1. The summed E-state index contributed by atoms with van der Waals surface area (Å²) in [6, 6.07) is 17.3. The van der Waals surface area contributed by atoms with Gasteiger partial charge < -0.3 is 5.32 Å². The summed E-state index contributed by atoms with van der Waals surface area (Å²) in [6.07, 6.45) is 3.38. The molecule has 2 aromatic heterocycles. The molecule has 2 aromatic carbocycles. The van der Waals surface area contributed by atoms with Crippen LogP contribution < -0.4 is 5.32 Å². The molecule has 0 unspecified atom stereocenters. The van der Waals surface area contributed by atoms with Gasteiger partial charge in [0.05, 0.1) is 24.1 Å². The topological polar surface area (TPSA) is 75.6 Å². The van der Waals surface area contributed by atoms with Gasteiger partial charge in [-0.15, -0.1) is 0 Å². The maximum Gasteiger partial charge on any atom is 0.273 e. The molecule has 6 nitrogen and oxygen atoms in total. The van der Waals surface area contributed by atoms with E-state index in [1.165, 1.54) is 5.56 Å². The van der Waals surface area contributed by atoms with E-state index in [1.54, 1.807) is 23.1 Å². The maximum atomic E-state index is 12.5. The number of nitrogens with one attached hydrogen (secondary N) is 2. The van der Waals surface area contributed by atoms with Crippen molar-refractivity contribution in [3.05, 3.63) is 88.8 Å². The molecule has 0 bridgehead atoms. The van der Waals surface area contributed by atoms with Crippen molar-refractivity contribution in [2.24, 2.45) is 0 Å². The molecule has 0 saturated carbocycles. The predicted molar refractivity (Wildman–Crippen MR) is 109 cm³/mol. The molecule has 7 heteroatoms. The molecule has 4 aromatic rings. The number of aromatic amines is 1. The van der Waals surface area contributed by atoms with E-state index in [1.807, 2.05) is 55.5 Å². The van der Waals surface area contributed by atoms with Crippen LogP contribution in [0.4, 0.5) is 5.69 Å². The summed E-state index contributed by atoms with van der Waals surface area (Å²) in [5.74, 6) is -0.270. The Morgan fingerprint density at radius 3 is 2.79 bits per heavy atom. The lowest BCUT2D eigenvalue weighted by Gasteiger charge is -2.02. The van der Waals surface area contributed by atoms with E-state index in [0.717, 1.165) is 16.8 Å². The van der Waals surface area contributed by atoms with Crippen LogP contribution in [0.2, 0.25) is 5.02 Å². The Kier molecular flexibility index (Phi) is 4.95. The summed E-state index contributed by atoms with van der Waals surface area (Å²) >= 11 is 6.01. The zero-order valence-corrected chi connectivity index (χ0v) is 15.9. The highest BCUT2D eigenvalue weighted by Crippen LogP contribution is 2.19. The van der Waals surface area contributed by atoms with Gasteiger partial charge in [-0.3, -0.25) is 14.6 Å². The number of aryl methyl sites for hydroxylation is 1. The van der Waals surface area contributed by atoms with Crippen molar-refractivity contribution in [3.8, 4) is 11.3 Å². The number of nitrogens with zero attached hydrogens (tertiary/aromatic N) is 3. The summed E-state index contributed by atoms with van der Waals surface area (Å²) in [5.41, 5.74) is 4.88. The Balaban J connectivity index is 1.43. The first-order valence-electron chi connectivity index (χ1n) is 8.77. The van der Waals surface area contributed by atoms with Crippen molar-refractivity contribution >= 4 is 23.2 Å². The summed E-state index contributed by atoms with van der Waals surface area (Å²) in [5, 5.41) is 14.8. The van der Waals surface area contributed by atoms with Gasteiger partial charge in [-0.05, 0) is 30.7 Å². The number of hydrogen-bond acceptors (Lipinski definition) is 3. The number of rotatable bonds is 5. The fraction of sp³-hybridized carbons (Fsp3) is 0.0952. The molecular weight excluding hydrogens is 374 g/mol. The lowest BCUT2D eigenvalue weighted by atomic mass is 10.1. The molecule has 0 aliphatic carbocycles. The molecule has 0 saturated heterocycles. The van der Waals surface area contributed by atoms with Crippen molar-refractivity contribution < 1.29 is 4.79 Å². The van der Waals surface area contributed by atoms with Gasteiger partial charge in [0, 0.05) is 16.8 Å². The standard InChI is InChI=1S/C21H18ClN5O/c1-14-5-7-16(8-6-14)19-10-20(26-25-19)21(28)24-18-11-23-27(13-18)12-15-3-2-4-17(22)9-15/h2-11,13H,12H2,1H3,(H,24,28)(H,25,26). The van der Waals surface area contributed by atoms with Crippen LogP contribution in [-0.4, -0.2) is 25.9 Å². The fourth-order valence-corrected chi connectivity index (χ4v) is 3.06. The van der Waals surface area contributed by atoms with Gasteiger partial charge in [0.2, 0.25) is 0 Å². The third-order valence-electron chi connectivity index (χ3n) is 4.29. The number of carbonyl (C=O) groups is 1. The lowest BCUT2D eigenvalue weighted by Crippen LogP contribution is -2.11. The van der Waals surface area contributed by atoms with Gasteiger partial charge in [0.15, 0.2) is 0 Å². The van der Waals surface area contributed by atoms with Crippen molar-refractivity contribution in [2.75, 3.05) is 5.32 Å². The number of amides is 1. The Morgan fingerprint density at radius 1 is 1.18 bits per heavy atom. The first-order chi connectivity index (χ1) is 13.6. The highest BCUT2D eigenvalue weighted by Gasteiger charge is 2.12. The number of hydrogen-bond donors (Lipinski definition) is 2. The first kappa shape index (κ1) is 18.0. The van der Waals surface area contributed by atoms with Crippen LogP contribution in [0.5, 0.6) is 0 Å². The first-order valence-corrected chi connectivity index (χ1v) is 9.15. The van der Waals surface area contributed by atoms with Crippen molar-refractivity contribution in [1.82, 2.24) is 20.0 Å². The molecular formula is C21H18ClN5O. The zero-order chi connectivity index (χ0) is 19.5. The van der Waals surface area contributed by atoms with Gasteiger partial charge in [-0.25, -0.2) is 0 Å². The molecule has 0 radical (unpaired) electrons. The van der Waals surface area contributed by atoms with Crippen LogP contribution in [0.1, 0.15) is 21.6 Å². The average molecular weight is 392 g/mol. The van der Waals surface area contributed by atoms with Crippen LogP contribution in [0.3, 0.4) is 0 Å². The number of aromatic nitrogens is 4. The molecule has 2 heterocycles. The number of H-pyrrole nitrogens is 1. The van der Waals surface area contributed by atoms with Crippen LogP contribution in [-0.2, 0) is 6.54 Å². The van der Waals surface area contributed by atoms with Gasteiger partial charge in [0.25, 0.3) is 5.91 Å². The monoisotopic (exact) mass is 391 g/mol. The highest BCUT2D eigenvalue weighted by atomic mass is 35.5. The maximum absolute atomic E-state index is 12.5. The highest BCUT2D eigenvalue weighted by molar-refractivity contribution is 6.30. The summed E-state index contributed by atoms with van der Waals surface area (Å²) in [7, 11) is 0. The minimum Gasteiger partial charge on any atom is -0.318 e. The minimum absolute atomic E-state index is 0.270. The van der Waals surface area contributed by atoms with E-state index in [2.05, 4.69) is 20.6 Å². The molecule has 4 rings (SSSR count). The van der Waals surface area contributed by atoms with Crippen molar-refractivity contribution in [1.29, 1.82) is 0 Å². The fourth-order valence-electron chi connectivity index (χ4n) is 2.85. The average Bonchev–Trinajstić information content (AvgIpc) is 3.32. The lowest BCUT2D eigenvalue weighted by molar-refractivity contribution is 0.102. The molecule has 28 heavy (non-hydrogen) atoms. The van der Waals surface area contributed by atoms with E-state index >= 15 is 0 Å². The normalized spacial score (nSPS) is 10.8. The van der Waals surface area contributed by atoms with Gasteiger partial charge in [0.1, 0.15) is 5.69 Å². The SMILES string of the molecule is Cc1ccc(-c2cc(C(=O)Nc3cnn(Cc4cccc(Cl)c4)c3)[nH]n2)cc1. The summed E-state index contributed by atoms with van der Waals surface area (Å²) in [6.45, 7) is 2.60. The van der Waals surface area contributed by atoms with E-state index in [-0.39, 0.29) is 5.91 Å². The Hall–Kier alpha value is -3.38. The summed E-state index contributed by atoms with van der Waals surface area (Å²) < 4.78 is 1.74. The van der Waals surface area contributed by atoms with Gasteiger partial charge in [-0.1, -0.05) is 53.6 Å². The second-order valence-electron chi connectivity index (χ2n) is 6.54. The van der Waals surface area contributed by atoms with E-state index in [0.29, 0.717) is 22.9 Å². The largest absolute Gasteiger partial charge is 0.318 e. The number of halogens is 1. The van der Waals surface area contributed by atoms with Crippen LogP contribution in [0, 0.1) is 6.92 Å². The molecule has 140 valence electrons. The van der Waals surface area contributed by atoms with Crippen LogP contribution >= 0.6 is 11.6 Å². The Bertz CT molecular complexity index is 1110. The third kappa shape index (κ3) is 4.13. The van der Waals surface area contributed by atoms with E-state index in [4.69, 9.17) is 11.6 Å². The second-order valence-corrected chi connectivity index (χ2v) is 6.98. The Labute approximate surface area is 167 Å². The molecule has 2 N–H and O–H groups in total. The smallest absolute Gasteiger partial charge is 0.273 e. The van der Waals surface area contributed by atoms with Gasteiger partial charge >= 0.3 is 0 Å². The molecule has 0 spiro atoms.